The molecule has 3 aromatic rings. The van der Waals surface area contributed by atoms with E-state index in [4.69, 9.17) is 0 Å². The van der Waals surface area contributed by atoms with Gasteiger partial charge in [0.2, 0.25) is 0 Å². The van der Waals surface area contributed by atoms with Crippen molar-refractivity contribution in [3.63, 3.8) is 0 Å². The van der Waals surface area contributed by atoms with E-state index in [9.17, 15) is 9.18 Å². The fourth-order valence-corrected chi connectivity index (χ4v) is 6.02. The summed E-state index contributed by atoms with van der Waals surface area (Å²) < 4.78 is 14.6. The highest BCUT2D eigenvalue weighted by Gasteiger charge is 2.42. The molecule has 1 atom stereocenters. The van der Waals surface area contributed by atoms with E-state index in [0.717, 1.165) is 42.9 Å². The Bertz CT molecular complexity index is 1220. The first-order chi connectivity index (χ1) is 17.0. The average molecular weight is 474 g/mol. The summed E-state index contributed by atoms with van der Waals surface area (Å²) in [6.07, 6.45) is 5.85. The SMILES string of the molecule is Cc1cccc(F)c1N1CCC(N2C(=O)N(Cc3ccccc3C3CC3)c3cn[nH]c3[C@H]2C)CC1. The molecule has 0 unspecified atom stereocenters. The van der Waals surface area contributed by atoms with Crippen molar-refractivity contribution in [2.24, 2.45) is 0 Å². The number of carbonyl (C=O) groups is 1. The van der Waals surface area contributed by atoms with Gasteiger partial charge in [-0.25, -0.2) is 9.18 Å². The number of amides is 2. The first-order valence-electron chi connectivity index (χ1n) is 12.7. The standard InChI is InChI=1S/C28H32FN5O/c1-18-6-5-9-24(29)27(18)32-14-12-22(13-15-32)34-19(2)26-25(16-30-31-26)33(28(34)35)17-21-7-3-4-8-23(21)20-10-11-20/h3-9,16,19-20,22H,10-15,17H2,1-2H3,(H,30,31)/t19-/m1/s1. The summed E-state index contributed by atoms with van der Waals surface area (Å²) in [7, 11) is 0. The van der Waals surface area contributed by atoms with E-state index < -0.39 is 0 Å². The smallest absolute Gasteiger partial charge is 0.325 e. The van der Waals surface area contributed by atoms with Crippen LogP contribution >= 0.6 is 0 Å². The maximum atomic E-state index is 14.6. The third-order valence-electron chi connectivity index (χ3n) is 7.99. The van der Waals surface area contributed by atoms with E-state index in [-0.39, 0.29) is 23.9 Å². The number of carbonyl (C=O) groups excluding carboxylic acids is 1. The molecule has 2 amide bonds. The van der Waals surface area contributed by atoms with Crippen molar-refractivity contribution >= 4 is 17.4 Å². The number of H-pyrrole nitrogens is 1. The van der Waals surface area contributed by atoms with Crippen LogP contribution in [0.2, 0.25) is 0 Å². The molecule has 182 valence electrons. The first-order valence-corrected chi connectivity index (χ1v) is 12.7. The summed E-state index contributed by atoms with van der Waals surface area (Å²) >= 11 is 0. The number of urea groups is 1. The number of fused-ring (bicyclic) bond motifs is 1. The molecule has 3 aliphatic rings. The Morgan fingerprint density at radius 3 is 2.57 bits per heavy atom. The fraction of sp³-hybridized carbons (Fsp3) is 0.429. The van der Waals surface area contributed by atoms with Crippen molar-refractivity contribution in [1.82, 2.24) is 15.1 Å². The molecule has 1 N–H and O–H groups in total. The summed E-state index contributed by atoms with van der Waals surface area (Å²) in [5.41, 5.74) is 6.09. The predicted molar refractivity (Wildman–Crippen MR) is 135 cm³/mol. The van der Waals surface area contributed by atoms with Gasteiger partial charge in [0.05, 0.1) is 35.9 Å². The number of piperidine rings is 1. The highest BCUT2D eigenvalue weighted by Crippen LogP contribution is 2.43. The lowest BCUT2D eigenvalue weighted by atomic mass is 9.97. The molecule has 2 aliphatic heterocycles. The van der Waals surface area contributed by atoms with Crippen LogP contribution in [0.5, 0.6) is 0 Å². The number of para-hydroxylation sites is 1. The topological polar surface area (TPSA) is 55.5 Å². The third kappa shape index (κ3) is 3.87. The summed E-state index contributed by atoms with van der Waals surface area (Å²) in [5, 5.41) is 7.47. The van der Waals surface area contributed by atoms with Crippen LogP contribution in [-0.4, -0.2) is 40.3 Å². The molecule has 0 spiro atoms. The summed E-state index contributed by atoms with van der Waals surface area (Å²) in [6, 6.07) is 13.8. The van der Waals surface area contributed by atoms with Crippen LogP contribution in [0.4, 0.5) is 20.6 Å². The van der Waals surface area contributed by atoms with Crippen LogP contribution in [0.1, 0.15) is 67.0 Å². The number of nitrogens with one attached hydrogen (secondary N) is 1. The predicted octanol–water partition coefficient (Wildman–Crippen LogP) is 5.91. The van der Waals surface area contributed by atoms with Gasteiger partial charge in [0.1, 0.15) is 5.82 Å². The van der Waals surface area contributed by atoms with Gasteiger partial charge in [-0.05, 0) is 68.2 Å². The minimum Gasteiger partial charge on any atom is -0.369 e. The third-order valence-corrected chi connectivity index (χ3v) is 7.99. The second kappa shape index (κ2) is 8.70. The van der Waals surface area contributed by atoms with E-state index in [1.54, 1.807) is 12.3 Å². The number of aryl methyl sites for hydroxylation is 1. The molecule has 0 bridgehead atoms. The molecule has 2 fully saturated rings. The Kier molecular flexibility index (Phi) is 5.50. The maximum Gasteiger partial charge on any atom is 0.325 e. The van der Waals surface area contributed by atoms with Crippen molar-refractivity contribution in [3.05, 3.63) is 76.9 Å². The zero-order valence-corrected chi connectivity index (χ0v) is 20.4. The van der Waals surface area contributed by atoms with Crippen molar-refractivity contribution in [3.8, 4) is 0 Å². The van der Waals surface area contributed by atoms with Crippen LogP contribution in [-0.2, 0) is 6.54 Å². The van der Waals surface area contributed by atoms with Crippen molar-refractivity contribution in [2.45, 2.75) is 64.1 Å². The Morgan fingerprint density at radius 2 is 1.83 bits per heavy atom. The minimum absolute atomic E-state index is 0.0394. The molecular weight excluding hydrogens is 441 g/mol. The molecule has 6 nitrogen and oxygen atoms in total. The lowest BCUT2D eigenvalue weighted by molar-refractivity contribution is 0.134. The molecule has 1 aliphatic carbocycles. The van der Waals surface area contributed by atoms with Crippen LogP contribution in [0, 0.1) is 12.7 Å². The molecule has 1 saturated heterocycles. The normalized spacial score (nSPS) is 20.9. The number of anilines is 2. The van der Waals surface area contributed by atoms with Gasteiger partial charge in [0.25, 0.3) is 0 Å². The molecule has 3 heterocycles. The monoisotopic (exact) mass is 473 g/mol. The molecule has 1 aromatic heterocycles. The summed E-state index contributed by atoms with van der Waals surface area (Å²) in [6.45, 7) is 6.04. The molecule has 1 saturated carbocycles. The number of hydrogen-bond donors (Lipinski definition) is 1. The second-order valence-electron chi connectivity index (χ2n) is 10.2. The number of rotatable bonds is 5. The van der Waals surface area contributed by atoms with Crippen molar-refractivity contribution < 1.29 is 9.18 Å². The number of nitrogens with zero attached hydrogens (tertiary/aromatic N) is 4. The van der Waals surface area contributed by atoms with Crippen LogP contribution < -0.4 is 9.80 Å². The van der Waals surface area contributed by atoms with Gasteiger partial charge in [0, 0.05) is 19.1 Å². The van der Waals surface area contributed by atoms with E-state index in [1.807, 2.05) is 22.8 Å². The maximum absolute atomic E-state index is 14.6. The zero-order valence-electron chi connectivity index (χ0n) is 20.4. The number of halogens is 1. The summed E-state index contributed by atoms with van der Waals surface area (Å²) in [4.78, 5) is 20.1. The highest BCUT2D eigenvalue weighted by molar-refractivity contribution is 5.95. The molecule has 7 heteroatoms. The minimum atomic E-state index is -0.173. The van der Waals surface area contributed by atoms with Crippen LogP contribution in [0.25, 0.3) is 0 Å². The number of hydrogen-bond acceptors (Lipinski definition) is 3. The Balaban J connectivity index is 1.25. The number of aromatic nitrogens is 2. The van der Waals surface area contributed by atoms with Gasteiger partial charge in [-0.1, -0.05) is 36.4 Å². The average Bonchev–Trinajstić information content (AvgIpc) is 3.58. The fourth-order valence-electron chi connectivity index (χ4n) is 6.02. The van der Waals surface area contributed by atoms with Crippen molar-refractivity contribution in [2.75, 3.05) is 22.9 Å². The van der Waals surface area contributed by atoms with E-state index in [1.165, 1.54) is 30.0 Å². The van der Waals surface area contributed by atoms with Gasteiger partial charge in [-0.3, -0.25) is 10.00 Å². The van der Waals surface area contributed by atoms with E-state index in [2.05, 4.69) is 46.3 Å². The van der Waals surface area contributed by atoms with Gasteiger partial charge < -0.3 is 9.80 Å². The van der Waals surface area contributed by atoms with Gasteiger partial charge in [0.15, 0.2) is 0 Å². The van der Waals surface area contributed by atoms with E-state index >= 15 is 0 Å². The molecule has 6 rings (SSSR count). The van der Waals surface area contributed by atoms with Gasteiger partial charge in [-0.2, -0.15) is 5.10 Å². The lowest BCUT2D eigenvalue weighted by Gasteiger charge is -2.46. The van der Waals surface area contributed by atoms with Gasteiger partial charge in [-0.15, -0.1) is 0 Å². The highest BCUT2D eigenvalue weighted by atomic mass is 19.1. The first kappa shape index (κ1) is 22.1. The van der Waals surface area contributed by atoms with Crippen LogP contribution in [0.3, 0.4) is 0 Å². The van der Waals surface area contributed by atoms with E-state index in [0.29, 0.717) is 18.2 Å². The van der Waals surface area contributed by atoms with Crippen LogP contribution in [0.15, 0.2) is 48.7 Å². The summed E-state index contributed by atoms with van der Waals surface area (Å²) in [5.74, 6) is 0.449. The Hall–Kier alpha value is -3.35. The molecular formula is C28H32FN5O. The Labute approximate surface area is 205 Å². The van der Waals surface area contributed by atoms with Gasteiger partial charge >= 0.3 is 6.03 Å². The largest absolute Gasteiger partial charge is 0.369 e. The number of benzene rings is 2. The molecule has 2 aromatic carbocycles. The molecule has 0 radical (unpaired) electrons. The Morgan fingerprint density at radius 1 is 1.06 bits per heavy atom. The second-order valence-corrected chi connectivity index (χ2v) is 10.2. The molecule has 35 heavy (non-hydrogen) atoms. The quantitative estimate of drug-likeness (QED) is 0.501. The zero-order chi connectivity index (χ0) is 24.1. The van der Waals surface area contributed by atoms with Crippen molar-refractivity contribution in [1.29, 1.82) is 0 Å². The lowest BCUT2D eigenvalue weighted by Crippen LogP contribution is -2.55. The number of aromatic amines is 1.